The van der Waals surface area contributed by atoms with E-state index < -0.39 is 0 Å². The molecule has 104 valence electrons. The van der Waals surface area contributed by atoms with Gasteiger partial charge in [-0.25, -0.2) is 0 Å². The number of hydrogen-bond donors (Lipinski definition) is 2. The number of methoxy groups -OCH3 is 1. The van der Waals surface area contributed by atoms with Crippen molar-refractivity contribution in [3.63, 3.8) is 0 Å². The fourth-order valence-corrected chi connectivity index (χ4v) is 2.97. The van der Waals surface area contributed by atoms with Crippen molar-refractivity contribution < 1.29 is 9.47 Å². The molecule has 0 aliphatic heterocycles. The van der Waals surface area contributed by atoms with Crippen molar-refractivity contribution >= 4 is 21.4 Å². The summed E-state index contributed by atoms with van der Waals surface area (Å²) in [5, 5.41) is 3.51. The Kier molecular flexibility index (Phi) is 5.75. The zero-order chi connectivity index (χ0) is 13.5. The Morgan fingerprint density at radius 2 is 2.16 bits per heavy atom. The predicted molar refractivity (Wildman–Crippen MR) is 79.3 cm³/mol. The molecule has 0 bridgehead atoms. The minimum Gasteiger partial charge on any atom is -0.382 e. The van der Waals surface area contributed by atoms with Gasteiger partial charge in [-0.15, -0.1) is 11.3 Å². The van der Waals surface area contributed by atoms with Crippen molar-refractivity contribution in [2.24, 2.45) is 5.84 Å². The molecule has 1 atom stereocenters. The van der Waals surface area contributed by atoms with Gasteiger partial charge in [0.15, 0.2) is 0 Å². The van der Waals surface area contributed by atoms with Crippen LogP contribution in [0.25, 0.3) is 10.1 Å². The third kappa shape index (κ3) is 3.99. The van der Waals surface area contributed by atoms with Gasteiger partial charge in [-0.05, 0) is 28.8 Å². The van der Waals surface area contributed by atoms with E-state index in [0.717, 1.165) is 6.42 Å². The molecule has 2 rings (SSSR count). The summed E-state index contributed by atoms with van der Waals surface area (Å²) in [5.74, 6) is 5.59. The lowest BCUT2D eigenvalue weighted by molar-refractivity contribution is 0.0588. The van der Waals surface area contributed by atoms with E-state index in [9.17, 15) is 0 Å². The Bertz CT molecular complexity index is 501. The van der Waals surface area contributed by atoms with Crippen LogP contribution < -0.4 is 11.3 Å². The summed E-state index contributed by atoms with van der Waals surface area (Å²) in [6.07, 6.45) is 0.869. The van der Waals surface area contributed by atoms with E-state index in [0.29, 0.717) is 19.8 Å². The van der Waals surface area contributed by atoms with Gasteiger partial charge in [-0.3, -0.25) is 11.3 Å². The lowest BCUT2D eigenvalue weighted by atomic mass is 10.1. The van der Waals surface area contributed by atoms with Crippen LogP contribution in [0, 0.1) is 0 Å². The van der Waals surface area contributed by atoms with Crippen LogP contribution >= 0.6 is 11.3 Å². The van der Waals surface area contributed by atoms with Gasteiger partial charge in [0.25, 0.3) is 0 Å². The first-order valence-corrected chi connectivity index (χ1v) is 7.21. The number of thiophene rings is 1. The number of ether oxygens (including phenoxy) is 2. The highest BCUT2D eigenvalue weighted by Crippen LogP contribution is 2.26. The zero-order valence-electron chi connectivity index (χ0n) is 11.1. The predicted octanol–water partition coefficient (Wildman–Crippen LogP) is 1.94. The summed E-state index contributed by atoms with van der Waals surface area (Å²) in [5.41, 5.74) is 4.14. The standard InChI is InChI=1S/C14H20N2O2S/c1-17-6-7-18-9-12(16-15)8-11-10-19-14-5-3-2-4-13(11)14/h2-5,10,12,16H,6-9,15H2,1H3. The molecule has 0 saturated carbocycles. The van der Waals surface area contributed by atoms with Crippen molar-refractivity contribution in [3.8, 4) is 0 Å². The summed E-state index contributed by atoms with van der Waals surface area (Å²) in [6.45, 7) is 1.79. The van der Waals surface area contributed by atoms with Crippen LogP contribution in [-0.2, 0) is 15.9 Å². The van der Waals surface area contributed by atoms with Crippen LogP contribution in [0.4, 0.5) is 0 Å². The van der Waals surface area contributed by atoms with Gasteiger partial charge in [0, 0.05) is 17.9 Å². The number of nitrogens with one attached hydrogen (secondary N) is 1. The molecule has 4 nitrogen and oxygen atoms in total. The van der Waals surface area contributed by atoms with Crippen LogP contribution in [0.1, 0.15) is 5.56 Å². The van der Waals surface area contributed by atoms with Gasteiger partial charge < -0.3 is 9.47 Å². The molecule has 5 heteroatoms. The van der Waals surface area contributed by atoms with Crippen LogP contribution in [0.5, 0.6) is 0 Å². The van der Waals surface area contributed by atoms with Crippen LogP contribution in [0.3, 0.4) is 0 Å². The summed E-state index contributed by atoms with van der Waals surface area (Å²) in [7, 11) is 1.67. The highest BCUT2D eigenvalue weighted by atomic mass is 32.1. The van der Waals surface area contributed by atoms with Gasteiger partial charge >= 0.3 is 0 Å². The summed E-state index contributed by atoms with van der Waals surface area (Å²) >= 11 is 1.77. The Labute approximate surface area is 117 Å². The molecule has 0 aliphatic carbocycles. The normalized spacial score (nSPS) is 12.9. The second-order valence-electron chi connectivity index (χ2n) is 4.39. The summed E-state index contributed by atoms with van der Waals surface area (Å²) in [4.78, 5) is 0. The van der Waals surface area contributed by atoms with Gasteiger partial charge in [-0.1, -0.05) is 18.2 Å². The second kappa shape index (κ2) is 7.57. The maximum absolute atomic E-state index is 5.59. The van der Waals surface area contributed by atoms with E-state index in [1.54, 1.807) is 18.4 Å². The minimum absolute atomic E-state index is 0.120. The highest BCUT2D eigenvalue weighted by Gasteiger charge is 2.11. The molecular formula is C14H20N2O2S. The number of nitrogens with two attached hydrogens (primary N) is 1. The second-order valence-corrected chi connectivity index (χ2v) is 5.30. The van der Waals surface area contributed by atoms with Crippen LogP contribution in [0.2, 0.25) is 0 Å². The van der Waals surface area contributed by atoms with E-state index in [1.807, 2.05) is 0 Å². The van der Waals surface area contributed by atoms with E-state index in [1.165, 1.54) is 15.6 Å². The smallest absolute Gasteiger partial charge is 0.0701 e. The highest BCUT2D eigenvalue weighted by molar-refractivity contribution is 7.17. The number of benzene rings is 1. The van der Waals surface area contributed by atoms with Gasteiger partial charge in [0.1, 0.15) is 0 Å². The molecule has 0 radical (unpaired) electrons. The number of hydrogen-bond acceptors (Lipinski definition) is 5. The SMILES string of the molecule is COCCOCC(Cc1csc2ccccc12)NN. The van der Waals surface area contributed by atoms with E-state index in [2.05, 4.69) is 35.1 Å². The third-order valence-electron chi connectivity index (χ3n) is 3.01. The molecule has 3 N–H and O–H groups in total. The van der Waals surface area contributed by atoms with E-state index >= 15 is 0 Å². The first-order chi connectivity index (χ1) is 9.35. The number of fused-ring (bicyclic) bond motifs is 1. The van der Waals surface area contributed by atoms with Crippen LogP contribution in [-0.4, -0.2) is 33.0 Å². The molecular weight excluding hydrogens is 260 g/mol. The number of rotatable bonds is 8. The monoisotopic (exact) mass is 280 g/mol. The average Bonchev–Trinajstić information content (AvgIpc) is 2.85. The van der Waals surface area contributed by atoms with Crippen LogP contribution in [0.15, 0.2) is 29.6 Å². The van der Waals surface area contributed by atoms with E-state index in [4.69, 9.17) is 15.3 Å². The van der Waals surface area contributed by atoms with E-state index in [-0.39, 0.29) is 6.04 Å². The molecule has 2 aromatic rings. The fraction of sp³-hybridized carbons (Fsp3) is 0.429. The molecule has 0 fully saturated rings. The molecule has 0 amide bonds. The maximum Gasteiger partial charge on any atom is 0.0701 e. The third-order valence-corrected chi connectivity index (χ3v) is 4.03. The lowest BCUT2D eigenvalue weighted by Gasteiger charge is -2.15. The Morgan fingerprint density at radius 3 is 2.95 bits per heavy atom. The van der Waals surface area contributed by atoms with Gasteiger partial charge in [-0.2, -0.15) is 0 Å². The van der Waals surface area contributed by atoms with Crippen molar-refractivity contribution in [2.75, 3.05) is 26.9 Å². The largest absolute Gasteiger partial charge is 0.382 e. The Balaban J connectivity index is 1.94. The molecule has 0 spiro atoms. The topological polar surface area (TPSA) is 56.5 Å². The van der Waals surface area contributed by atoms with Crippen molar-refractivity contribution in [3.05, 3.63) is 35.2 Å². The summed E-state index contributed by atoms with van der Waals surface area (Å²) < 4.78 is 11.8. The zero-order valence-corrected chi connectivity index (χ0v) is 11.9. The lowest BCUT2D eigenvalue weighted by Crippen LogP contribution is -2.40. The van der Waals surface area contributed by atoms with Crippen molar-refractivity contribution in [2.45, 2.75) is 12.5 Å². The minimum atomic E-state index is 0.120. The Hall–Kier alpha value is -0.980. The molecule has 0 saturated heterocycles. The first-order valence-electron chi connectivity index (χ1n) is 6.33. The quantitative estimate of drug-likeness (QED) is 0.441. The molecule has 1 unspecified atom stereocenters. The van der Waals surface area contributed by atoms with Gasteiger partial charge in [0.05, 0.1) is 19.8 Å². The molecule has 19 heavy (non-hydrogen) atoms. The summed E-state index contributed by atoms with van der Waals surface area (Å²) in [6, 6.07) is 8.55. The van der Waals surface area contributed by atoms with Crippen molar-refractivity contribution in [1.82, 2.24) is 5.43 Å². The first kappa shape index (κ1) is 14.4. The average molecular weight is 280 g/mol. The fourth-order valence-electron chi connectivity index (χ4n) is 1.99. The molecule has 1 heterocycles. The number of hydrazine groups is 1. The van der Waals surface area contributed by atoms with Crippen molar-refractivity contribution in [1.29, 1.82) is 0 Å². The molecule has 1 aromatic carbocycles. The molecule has 0 aliphatic rings. The molecule has 1 aromatic heterocycles. The maximum atomic E-state index is 5.59. The van der Waals surface area contributed by atoms with Gasteiger partial charge in [0.2, 0.25) is 0 Å². The Morgan fingerprint density at radius 1 is 1.32 bits per heavy atom.